The summed E-state index contributed by atoms with van der Waals surface area (Å²) in [5.74, 6) is 0.641. The van der Waals surface area contributed by atoms with Crippen LogP contribution in [0.25, 0.3) is 11.1 Å². The largest absolute Gasteiger partial charge is 0.494 e. The highest BCUT2D eigenvalue weighted by Gasteiger charge is 2.15. The summed E-state index contributed by atoms with van der Waals surface area (Å²) in [6.45, 7) is 2.41. The number of nitro groups is 1. The highest BCUT2D eigenvalue weighted by Crippen LogP contribution is 2.33. The summed E-state index contributed by atoms with van der Waals surface area (Å²) in [7, 11) is 0. The van der Waals surface area contributed by atoms with Crippen LogP contribution in [0.4, 0.5) is 5.69 Å². The summed E-state index contributed by atoms with van der Waals surface area (Å²) in [6.07, 6.45) is 0. The Bertz CT molecular complexity index is 552. The third-order valence-corrected chi connectivity index (χ3v) is 2.56. The second kappa shape index (κ2) is 5.31. The number of nitro benzene ring substituents is 1. The minimum Gasteiger partial charge on any atom is -0.494 e. The van der Waals surface area contributed by atoms with Gasteiger partial charge in [0.05, 0.1) is 17.1 Å². The second-order valence-corrected chi connectivity index (χ2v) is 3.74. The first kappa shape index (κ1) is 12.1. The minimum absolute atomic E-state index is 0.0876. The molecule has 0 fully saturated rings. The van der Waals surface area contributed by atoms with Gasteiger partial charge in [0, 0.05) is 6.07 Å². The maximum atomic E-state index is 11.0. The third-order valence-electron chi connectivity index (χ3n) is 2.56. The smallest absolute Gasteiger partial charge is 0.277 e. The highest BCUT2D eigenvalue weighted by atomic mass is 16.6. The van der Waals surface area contributed by atoms with E-state index in [1.54, 1.807) is 12.1 Å². The summed E-state index contributed by atoms with van der Waals surface area (Å²) in [5, 5.41) is 11.0. The molecule has 92 valence electrons. The number of benzene rings is 2. The zero-order valence-electron chi connectivity index (χ0n) is 10.00. The molecule has 2 aromatic rings. The van der Waals surface area contributed by atoms with Crippen LogP contribution in [0.5, 0.6) is 5.75 Å². The molecule has 0 saturated carbocycles. The molecular weight excluding hydrogens is 230 g/mol. The van der Waals surface area contributed by atoms with Gasteiger partial charge in [-0.1, -0.05) is 30.3 Å². The van der Waals surface area contributed by atoms with E-state index in [4.69, 9.17) is 4.74 Å². The maximum absolute atomic E-state index is 11.0. The minimum atomic E-state index is -0.377. The Morgan fingerprint density at radius 3 is 2.50 bits per heavy atom. The van der Waals surface area contributed by atoms with Gasteiger partial charge in [-0.2, -0.15) is 0 Å². The molecule has 0 aliphatic rings. The number of ether oxygens (including phenoxy) is 1. The molecule has 0 heterocycles. The lowest BCUT2D eigenvalue weighted by molar-refractivity contribution is -0.384. The molecule has 4 heteroatoms. The van der Waals surface area contributed by atoms with Gasteiger partial charge in [0.15, 0.2) is 0 Å². The summed E-state index contributed by atoms with van der Waals surface area (Å²) in [6, 6.07) is 14.1. The van der Waals surface area contributed by atoms with Gasteiger partial charge in [-0.3, -0.25) is 10.1 Å². The molecule has 18 heavy (non-hydrogen) atoms. The average Bonchev–Trinajstić information content (AvgIpc) is 2.40. The van der Waals surface area contributed by atoms with Gasteiger partial charge in [0.2, 0.25) is 0 Å². The van der Waals surface area contributed by atoms with Crippen LogP contribution in [0.2, 0.25) is 0 Å². The van der Waals surface area contributed by atoms with Crippen molar-refractivity contribution in [2.24, 2.45) is 0 Å². The van der Waals surface area contributed by atoms with Crippen molar-refractivity contribution in [3.63, 3.8) is 0 Å². The van der Waals surface area contributed by atoms with Crippen molar-refractivity contribution in [1.29, 1.82) is 0 Å². The van der Waals surface area contributed by atoms with Crippen LogP contribution in [0.3, 0.4) is 0 Å². The van der Waals surface area contributed by atoms with E-state index in [2.05, 4.69) is 0 Å². The van der Waals surface area contributed by atoms with Crippen LogP contribution in [-0.2, 0) is 0 Å². The Labute approximate surface area is 105 Å². The molecule has 0 aliphatic carbocycles. The molecule has 0 spiro atoms. The lowest BCUT2D eigenvalue weighted by Gasteiger charge is -2.07. The summed E-state index contributed by atoms with van der Waals surface area (Å²) in [4.78, 5) is 10.7. The van der Waals surface area contributed by atoms with Crippen LogP contribution >= 0.6 is 0 Å². The van der Waals surface area contributed by atoms with E-state index in [-0.39, 0.29) is 10.6 Å². The Morgan fingerprint density at radius 2 is 1.89 bits per heavy atom. The SMILES string of the molecule is CCOc1ccc([N+](=O)[O-])c(-c2ccccc2)c1. The zero-order valence-corrected chi connectivity index (χ0v) is 10.00. The Morgan fingerprint density at radius 1 is 1.17 bits per heavy atom. The highest BCUT2D eigenvalue weighted by molar-refractivity contribution is 5.74. The molecule has 2 aromatic carbocycles. The molecule has 0 N–H and O–H groups in total. The third kappa shape index (κ3) is 2.48. The molecule has 0 saturated heterocycles. The predicted molar refractivity (Wildman–Crippen MR) is 69.7 cm³/mol. The molecule has 0 aliphatic heterocycles. The second-order valence-electron chi connectivity index (χ2n) is 3.74. The number of nitrogens with zero attached hydrogens (tertiary/aromatic N) is 1. The van der Waals surface area contributed by atoms with Crippen LogP contribution < -0.4 is 4.74 Å². The van der Waals surface area contributed by atoms with Gasteiger partial charge < -0.3 is 4.74 Å². The van der Waals surface area contributed by atoms with Crippen LogP contribution in [0.15, 0.2) is 48.5 Å². The molecule has 0 bridgehead atoms. The average molecular weight is 243 g/mol. The molecule has 0 amide bonds. The lowest BCUT2D eigenvalue weighted by Crippen LogP contribution is -1.95. The van der Waals surface area contributed by atoms with Gasteiger partial charge in [0.1, 0.15) is 5.75 Å². The van der Waals surface area contributed by atoms with Crippen molar-refractivity contribution in [2.45, 2.75) is 6.92 Å². The van der Waals surface area contributed by atoms with E-state index in [0.29, 0.717) is 17.9 Å². The van der Waals surface area contributed by atoms with Gasteiger partial charge in [-0.05, 0) is 24.6 Å². The van der Waals surface area contributed by atoms with Crippen molar-refractivity contribution < 1.29 is 9.66 Å². The fourth-order valence-corrected chi connectivity index (χ4v) is 1.78. The maximum Gasteiger partial charge on any atom is 0.277 e. The fraction of sp³-hybridized carbons (Fsp3) is 0.143. The van der Waals surface area contributed by atoms with Gasteiger partial charge in [0.25, 0.3) is 5.69 Å². The van der Waals surface area contributed by atoms with E-state index in [0.717, 1.165) is 5.56 Å². The molecule has 0 aromatic heterocycles. The molecular formula is C14H13NO3. The van der Waals surface area contributed by atoms with Crippen molar-refractivity contribution >= 4 is 5.69 Å². The van der Waals surface area contributed by atoms with E-state index in [1.165, 1.54) is 6.07 Å². The molecule has 0 radical (unpaired) electrons. The number of hydrogen-bond acceptors (Lipinski definition) is 3. The van der Waals surface area contributed by atoms with Crippen LogP contribution in [-0.4, -0.2) is 11.5 Å². The van der Waals surface area contributed by atoms with Crippen molar-refractivity contribution in [2.75, 3.05) is 6.61 Å². The fourth-order valence-electron chi connectivity index (χ4n) is 1.78. The van der Waals surface area contributed by atoms with E-state index in [9.17, 15) is 10.1 Å². The zero-order chi connectivity index (χ0) is 13.0. The topological polar surface area (TPSA) is 52.4 Å². The van der Waals surface area contributed by atoms with E-state index >= 15 is 0 Å². The van der Waals surface area contributed by atoms with E-state index < -0.39 is 0 Å². The van der Waals surface area contributed by atoms with Crippen molar-refractivity contribution in [3.05, 3.63) is 58.6 Å². The number of hydrogen-bond donors (Lipinski definition) is 0. The summed E-state index contributed by atoms with van der Waals surface area (Å²) >= 11 is 0. The van der Waals surface area contributed by atoms with Gasteiger partial charge in [-0.15, -0.1) is 0 Å². The van der Waals surface area contributed by atoms with Crippen molar-refractivity contribution in [1.82, 2.24) is 0 Å². The number of rotatable bonds is 4. The Balaban J connectivity index is 2.54. The van der Waals surface area contributed by atoms with Crippen molar-refractivity contribution in [3.8, 4) is 16.9 Å². The van der Waals surface area contributed by atoms with Gasteiger partial charge >= 0.3 is 0 Å². The van der Waals surface area contributed by atoms with E-state index in [1.807, 2.05) is 37.3 Å². The quantitative estimate of drug-likeness (QED) is 0.608. The van der Waals surface area contributed by atoms with Crippen LogP contribution in [0, 0.1) is 10.1 Å². The summed E-state index contributed by atoms with van der Waals surface area (Å²) < 4.78 is 5.38. The molecule has 2 rings (SSSR count). The monoisotopic (exact) mass is 243 g/mol. The Hall–Kier alpha value is -2.36. The lowest BCUT2D eigenvalue weighted by atomic mass is 10.0. The summed E-state index contributed by atoms with van der Waals surface area (Å²) in [5.41, 5.74) is 1.47. The first-order valence-corrected chi connectivity index (χ1v) is 5.69. The predicted octanol–water partition coefficient (Wildman–Crippen LogP) is 3.66. The van der Waals surface area contributed by atoms with Gasteiger partial charge in [-0.25, -0.2) is 0 Å². The molecule has 4 nitrogen and oxygen atoms in total. The standard InChI is InChI=1S/C14H13NO3/c1-2-18-12-8-9-14(15(16)17)13(10-12)11-6-4-3-5-7-11/h3-10H,2H2,1H3. The first-order valence-electron chi connectivity index (χ1n) is 5.69. The normalized spacial score (nSPS) is 10.1. The molecule has 0 atom stereocenters. The Kier molecular flexibility index (Phi) is 3.57. The molecule has 0 unspecified atom stereocenters. The van der Waals surface area contributed by atoms with Crippen LogP contribution in [0.1, 0.15) is 6.92 Å². The first-order chi connectivity index (χ1) is 8.72.